The van der Waals surface area contributed by atoms with Crippen molar-refractivity contribution in [1.82, 2.24) is 0 Å². The molecular weight excluding hydrogens is 52.0 g/mol. The van der Waals surface area contributed by atoms with Crippen LogP contribution in [0, 0.1) is 0 Å². The molecule has 0 rings (SSSR count). The van der Waals surface area contributed by atoms with E-state index in [4.69, 9.17) is 6.48 Å². The van der Waals surface area contributed by atoms with E-state index in [0.29, 0.717) is 6.42 Å². The van der Waals surface area contributed by atoms with Gasteiger partial charge in [0, 0.05) is 6.58 Å². The molecule has 1 nitrogen and oxygen atoms in total. The molecular formula is C3H8O. The van der Waals surface area contributed by atoms with Crippen LogP contribution in [0.2, 0.25) is 0 Å². The smallest absolute Gasteiger partial charge is 0.0564 e. The summed E-state index contributed by atoms with van der Waals surface area (Å²) in [5.41, 5.74) is 0. The molecule has 0 bridgehead atoms. The fourth-order valence-corrected chi connectivity index (χ4v) is 0. The van der Waals surface area contributed by atoms with Gasteiger partial charge in [0.2, 0.25) is 0 Å². The zero-order valence-electron chi connectivity index (χ0n) is 3.73. The molecule has 0 unspecified atom stereocenters. The number of aliphatic hydroxyl groups is 1. The van der Waals surface area contributed by atoms with Crippen LogP contribution in [0.4, 0.5) is 0 Å². The molecule has 0 spiro atoms. The Balaban J connectivity index is 2.54. The van der Waals surface area contributed by atoms with Crippen molar-refractivity contribution in [2.75, 3.05) is 6.58 Å². The Labute approximate surface area is 27.7 Å². The lowest BCUT2D eigenvalue weighted by Crippen LogP contribution is -1.69. The first-order valence-corrected chi connectivity index (χ1v) is 1.37. The summed E-state index contributed by atoms with van der Waals surface area (Å²) in [5, 5.41) is 8.03. The second-order valence-electron chi connectivity index (χ2n) is 0.591. The summed E-state index contributed by atoms with van der Waals surface area (Å²) in [7, 11) is 0. The van der Waals surface area contributed by atoms with Crippen molar-refractivity contribution in [3.8, 4) is 0 Å². The maximum Gasteiger partial charge on any atom is 0.0564 e. The Morgan fingerprint density at radius 2 is 2.50 bits per heavy atom. The lowest BCUT2D eigenvalue weighted by atomic mass is 10.5. The number of hydrogen-bond acceptors (Lipinski definition) is 1. The van der Waals surface area contributed by atoms with Gasteiger partial charge in [0.1, 0.15) is 0 Å². The van der Waals surface area contributed by atoms with Gasteiger partial charge in [0.15, 0.2) is 0 Å². The van der Waals surface area contributed by atoms with Gasteiger partial charge in [-0.15, -0.1) is 0 Å². The molecule has 0 aliphatic rings. The van der Waals surface area contributed by atoms with Crippen molar-refractivity contribution in [2.24, 2.45) is 0 Å². The Bertz CT molecular complexity index is 20.9. The highest BCUT2D eigenvalue weighted by molar-refractivity contribution is 4.10. The maximum atomic E-state index is 8.03. The average Bonchev–Trinajstić information content (AvgIpc) is 1.38. The highest BCUT2D eigenvalue weighted by Gasteiger charge is 1.57. The van der Waals surface area contributed by atoms with E-state index in [0.717, 1.165) is 0 Å². The highest BCUT2D eigenvalue weighted by atomic mass is 16.2. The van der Waals surface area contributed by atoms with Crippen LogP contribution >= 0.6 is 0 Å². The van der Waals surface area contributed by atoms with Gasteiger partial charge in [-0.2, -0.15) is 0 Å². The average molecular weight is 61.1 g/mol. The zero-order valence-corrected chi connectivity index (χ0v) is 2.73. The molecule has 1 heteroatoms. The van der Waals surface area contributed by atoms with E-state index in [1.165, 1.54) is 0 Å². The molecule has 0 saturated carbocycles. The standard InChI is InChI=1S/C3H8O/c1-2-3-4/h4H,2-3H2,1H3/i3D/t3-/m1/s1. The topological polar surface area (TPSA) is 20.2 Å². The van der Waals surface area contributed by atoms with E-state index in [9.17, 15) is 0 Å². The highest BCUT2D eigenvalue weighted by Crippen LogP contribution is 1.61. The van der Waals surface area contributed by atoms with Gasteiger partial charge in [-0.05, 0) is 6.42 Å². The Morgan fingerprint density at radius 1 is 2.25 bits per heavy atom. The third-order valence-electron chi connectivity index (χ3n) is 0.183. The summed E-state index contributed by atoms with van der Waals surface area (Å²) < 4.78 is 6.38. The minimum absolute atomic E-state index is 0.528. The van der Waals surface area contributed by atoms with Gasteiger partial charge in [-0.3, -0.25) is 0 Å². The quantitative estimate of drug-likeness (QED) is 0.465. The van der Waals surface area contributed by atoms with Crippen molar-refractivity contribution >= 4 is 0 Å². The van der Waals surface area contributed by atoms with Crippen molar-refractivity contribution in [3.05, 3.63) is 0 Å². The van der Waals surface area contributed by atoms with Gasteiger partial charge < -0.3 is 5.11 Å². The lowest BCUT2D eigenvalue weighted by Gasteiger charge is -1.69. The Morgan fingerprint density at radius 3 is 2.50 bits per heavy atom. The molecule has 0 amide bonds. The van der Waals surface area contributed by atoms with Gasteiger partial charge in [0.05, 0.1) is 1.37 Å². The molecule has 0 aromatic heterocycles. The normalized spacial score (nSPS) is 19.0. The SMILES string of the molecule is [2H][C@@H](O)CC. The Kier molecular flexibility index (Phi) is 1.64. The first-order valence-electron chi connectivity index (χ1n) is 1.95. The molecule has 26 valence electrons. The first-order chi connectivity index (χ1) is 2.27. The fourth-order valence-electron chi connectivity index (χ4n) is 0. The van der Waals surface area contributed by atoms with Crippen molar-refractivity contribution in [1.29, 1.82) is 0 Å². The van der Waals surface area contributed by atoms with Crippen LogP contribution in [-0.4, -0.2) is 11.7 Å². The molecule has 0 aromatic rings. The second kappa shape index (κ2) is 2.96. The monoisotopic (exact) mass is 61.1 g/mol. The van der Waals surface area contributed by atoms with Crippen LogP contribution in [-0.2, 0) is 0 Å². The molecule has 1 N–H and O–H groups in total. The van der Waals surface area contributed by atoms with Crippen LogP contribution in [0.25, 0.3) is 0 Å². The van der Waals surface area contributed by atoms with Crippen LogP contribution in [0.15, 0.2) is 0 Å². The van der Waals surface area contributed by atoms with Crippen molar-refractivity contribution in [3.63, 3.8) is 0 Å². The summed E-state index contributed by atoms with van der Waals surface area (Å²) in [6.07, 6.45) is 0.528. The number of rotatable bonds is 1. The summed E-state index contributed by atoms with van der Waals surface area (Å²) in [6, 6.07) is 0. The van der Waals surface area contributed by atoms with Crippen LogP contribution in [0.3, 0.4) is 0 Å². The number of aliphatic hydroxyl groups excluding tert-OH is 1. The van der Waals surface area contributed by atoms with E-state index in [1.54, 1.807) is 6.92 Å². The lowest BCUT2D eigenvalue weighted by molar-refractivity contribution is 0.295. The molecule has 1 atom stereocenters. The zero-order chi connectivity index (χ0) is 4.28. The van der Waals surface area contributed by atoms with E-state index in [1.807, 2.05) is 0 Å². The van der Waals surface area contributed by atoms with Crippen LogP contribution < -0.4 is 0 Å². The summed E-state index contributed by atoms with van der Waals surface area (Å²) >= 11 is 0. The van der Waals surface area contributed by atoms with Crippen molar-refractivity contribution < 1.29 is 6.48 Å². The minimum atomic E-state index is -0.866. The van der Waals surface area contributed by atoms with Gasteiger partial charge in [-0.25, -0.2) is 0 Å². The third kappa shape index (κ3) is 1.96. The minimum Gasteiger partial charge on any atom is -0.396 e. The van der Waals surface area contributed by atoms with E-state index >= 15 is 0 Å². The molecule has 0 aromatic carbocycles. The Hall–Kier alpha value is -0.0400. The van der Waals surface area contributed by atoms with Crippen molar-refractivity contribution in [2.45, 2.75) is 13.3 Å². The van der Waals surface area contributed by atoms with E-state index in [2.05, 4.69) is 0 Å². The van der Waals surface area contributed by atoms with Crippen LogP contribution in [0.5, 0.6) is 0 Å². The second-order valence-corrected chi connectivity index (χ2v) is 0.591. The summed E-state index contributed by atoms with van der Waals surface area (Å²) in [4.78, 5) is 0. The van der Waals surface area contributed by atoms with Gasteiger partial charge >= 0.3 is 0 Å². The molecule has 0 saturated heterocycles. The molecule has 0 aliphatic heterocycles. The summed E-state index contributed by atoms with van der Waals surface area (Å²) in [5.74, 6) is 0. The molecule has 4 heavy (non-hydrogen) atoms. The maximum absolute atomic E-state index is 8.03. The van der Waals surface area contributed by atoms with E-state index in [-0.39, 0.29) is 0 Å². The first kappa shape index (κ1) is 2.21. The molecule has 0 radical (unpaired) electrons. The summed E-state index contributed by atoms with van der Waals surface area (Å²) in [6.45, 7) is 0.896. The van der Waals surface area contributed by atoms with Crippen LogP contribution in [0.1, 0.15) is 14.7 Å². The molecule has 0 fully saturated rings. The largest absolute Gasteiger partial charge is 0.396 e. The number of hydrogen-bond donors (Lipinski definition) is 1. The third-order valence-corrected chi connectivity index (χ3v) is 0.183. The molecule has 0 heterocycles. The predicted octanol–water partition coefficient (Wildman–Crippen LogP) is 0.389. The fraction of sp³-hybridized carbons (Fsp3) is 1.00. The predicted molar refractivity (Wildman–Crippen MR) is 17.4 cm³/mol. The van der Waals surface area contributed by atoms with Gasteiger partial charge in [0.25, 0.3) is 0 Å². The van der Waals surface area contributed by atoms with Gasteiger partial charge in [-0.1, -0.05) is 6.92 Å². The van der Waals surface area contributed by atoms with E-state index < -0.39 is 6.58 Å². The molecule has 0 aliphatic carbocycles.